The summed E-state index contributed by atoms with van der Waals surface area (Å²) in [6, 6.07) is 7.42. The molecule has 154 valence electrons. The van der Waals surface area contributed by atoms with Crippen molar-refractivity contribution in [2.24, 2.45) is 5.73 Å². The predicted octanol–water partition coefficient (Wildman–Crippen LogP) is -0.727. The van der Waals surface area contributed by atoms with Gasteiger partial charge in [-0.05, 0) is 37.0 Å². The quantitative estimate of drug-likeness (QED) is 0.368. The second-order valence-corrected chi connectivity index (χ2v) is 7.34. The van der Waals surface area contributed by atoms with E-state index in [0.717, 1.165) is 11.3 Å². The van der Waals surface area contributed by atoms with E-state index in [1.807, 2.05) is 24.3 Å². The molecule has 1 saturated carbocycles. The van der Waals surface area contributed by atoms with E-state index >= 15 is 0 Å². The van der Waals surface area contributed by atoms with E-state index < -0.39 is 23.8 Å². The number of hydrogen-bond acceptors (Lipinski definition) is 7. The molecule has 0 spiro atoms. The Morgan fingerprint density at radius 3 is 2.57 bits per heavy atom. The van der Waals surface area contributed by atoms with Crippen LogP contribution in [0.4, 0.5) is 4.79 Å². The van der Waals surface area contributed by atoms with Gasteiger partial charge in [0.15, 0.2) is 0 Å². The summed E-state index contributed by atoms with van der Waals surface area (Å²) in [6.07, 6.45) is -0.0765. The van der Waals surface area contributed by atoms with Crippen LogP contribution in [0.15, 0.2) is 24.3 Å². The number of nitrogens with two attached hydrogens (primary N) is 1. The fourth-order valence-corrected chi connectivity index (χ4v) is 3.18. The van der Waals surface area contributed by atoms with E-state index in [2.05, 4.69) is 16.0 Å². The highest BCUT2D eigenvalue weighted by atomic mass is 16.6. The molecule has 6 N–H and O–H groups in total. The molecule has 0 radical (unpaired) electrons. The van der Waals surface area contributed by atoms with Gasteiger partial charge in [-0.1, -0.05) is 12.1 Å². The molecule has 1 aliphatic carbocycles. The Hall–Kier alpha value is -2.36. The molecule has 2 fully saturated rings. The third-order valence-electron chi connectivity index (χ3n) is 5.14. The maximum Gasteiger partial charge on any atom is 0.407 e. The third-order valence-corrected chi connectivity index (χ3v) is 5.14. The first-order chi connectivity index (χ1) is 13.4. The monoisotopic (exact) mass is 392 g/mol. The Morgan fingerprint density at radius 2 is 1.93 bits per heavy atom. The summed E-state index contributed by atoms with van der Waals surface area (Å²) in [4.78, 5) is 23.8. The van der Waals surface area contributed by atoms with Crippen molar-refractivity contribution in [2.75, 3.05) is 26.7 Å². The summed E-state index contributed by atoms with van der Waals surface area (Å²) in [5.74, 6) is 0.572. The topological polar surface area (TPSA) is 135 Å². The van der Waals surface area contributed by atoms with Gasteiger partial charge in [-0.15, -0.1) is 0 Å². The molecule has 1 saturated heterocycles. The molecule has 1 aromatic carbocycles. The maximum atomic E-state index is 12.1. The van der Waals surface area contributed by atoms with E-state index in [1.165, 1.54) is 0 Å². The van der Waals surface area contributed by atoms with E-state index in [9.17, 15) is 14.7 Å². The van der Waals surface area contributed by atoms with Crippen molar-refractivity contribution in [2.45, 2.75) is 43.1 Å². The molecule has 3 atom stereocenters. The number of carbonyl (C=O) groups excluding carboxylic acids is 2. The van der Waals surface area contributed by atoms with Crippen molar-refractivity contribution in [3.05, 3.63) is 29.8 Å². The summed E-state index contributed by atoms with van der Waals surface area (Å²) in [6.45, 7) is 0.848. The van der Waals surface area contributed by atoms with Crippen LogP contribution in [0.5, 0.6) is 5.75 Å². The van der Waals surface area contributed by atoms with Crippen molar-refractivity contribution >= 4 is 12.0 Å². The lowest BCUT2D eigenvalue weighted by Gasteiger charge is -2.22. The highest BCUT2D eigenvalue weighted by Gasteiger charge is 2.45. The number of nitrogens with one attached hydrogen (secondary N) is 3. The third kappa shape index (κ3) is 5.12. The minimum absolute atomic E-state index is 0.194. The largest absolute Gasteiger partial charge is 0.497 e. The van der Waals surface area contributed by atoms with Crippen LogP contribution in [-0.2, 0) is 16.0 Å². The molecular formula is C19H28N4O5. The first-order valence-electron chi connectivity index (χ1n) is 9.47. The normalized spacial score (nSPS) is 25.0. The van der Waals surface area contributed by atoms with E-state index in [-0.39, 0.29) is 25.0 Å². The summed E-state index contributed by atoms with van der Waals surface area (Å²) in [7, 11) is 1.61. The fourth-order valence-electron chi connectivity index (χ4n) is 3.18. The van der Waals surface area contributed by atoms with Crippen molar-refractivity contribution in [3.63, 3.8) is 0 Å². The van der Waals surface area contributed by atoms with Crippen LogP contribution >= 0.6 is 0 Å². The molecule has 9 heteroatoms. The van der Waals surface area contributed by atoms with Crippen LogP contribution < -0.4 is 26.4 Å². The molecule has 1 aliphatic heterocycles. The number of aliphatic hydroxyl groups is 1. The Kier molecular flexibility index (Phi) is 6.38. The maximum absolute atomic E-state index is 12.1. The molecule has 1 heterocycles. The van der Waals surface area contributed by atoms with Crippen LogP contribution in [0.3, 0.4) is 0 Å². The van der Waals surface area contributed by atoms with Gasteiger partial charge in [0.05, 0.1) is 18.7 Å². The number of alkyl carbamates (subject to hydrolysis) is 1. The lowest BCUT2D eigenvalue weighted by molar-refractivity contribution is -0.123. The van der Waals surface area contributed by atoms with Crippen molar-refractivity contribution in [1.29, 1.82) is 0 Å². The average molecular weight is 392 g/mol. The summed E-state index contributed by atoms with van der Waals surface area (Å²) < 4.78 is 10.6. The lowest BCUT2D eigenvalue weighted by Crippen LogP contribution is -2.46. The first kappa shape index (κ1) is 20.4. The van der Waals surface area contributed by atoms with Gasteiger partial charge in [-0.2, -0.15) is 0 Å². The van der Waals surface area contributed by atoms with E-state index in [0.29, 0.717) is 25.8 Å². The van der Waals surface area contributed by atoms with Crippen LogP contribution in [-0.4, -0.2) is 67.6 Å². The molecule has 3 rings (SSSR count). The van der Waals surface area contributed by atoms with Gasteiger partial charge in [0.25, 0.3) is 0 Å². The summed E-state index contributed by atoms with van der Waals surface area (Å²) >= 11 is 0. The lowest BCUT2D eigenvalue weighted by atomic mass is 10.0. The minimum atomic E-state index is -0.777. The number of hydrogen-bond donors (Lipinski definition) is 5. The SMILES string of the molecule is COc1ccc(C[C@H]2NC[C@H](O)[C@H]2OC(=O)NCCNC(=O)C2(N)CC2)cc1. The highest BCUT2D eigenvalue weighted by Crippen LogP contribution is 2.31. The number of methoxy groups -OCH3 is 1. The molecular weight excluding hydrogens is 364 g/mol. The number of benzene rings is 1. The van der Waals surface area contributed by atoms with Crippen LogP contribution in [0.1, 0.15) is 18.4 Å². The van der Waals surface area contributed by atoms with Gasteiger partial charge in [-0.25, -0.2) is 4.79 Å². The molecule has 9 nitrogen and oxygen atoms in total. The predicted molar refractivity (Wildman–Crippen MR) is 102 cm³/mol. The zero-order chi connectivity index (χ0) is 20.1. The van der Waals surface area contributed by atoms with Crippen LogP contribution in [0, 0.1) is 0 Å². The molecule has 28 heavy (non-hydrogen) atoms. The summed E-state index contributed by atoms with van der Waals surface area (Å²) in [5, 5.41) is 18.6. The Balaban J connectivity index is 1.42. The summed E-state index contributed by atoms with van der Waals surface area (Å²) in [5.41, 5.74) is 6.10. The Bertz CT molecular complexity index is 692. The smallest absolute Gasteiger partial charge is 0.407 e. The van der Waals surface area contributed by atoms with Crippen molar-refractivity contribution in [1.82, 2.24) is 16.0 Å². The van der Waals surface area contributed by atoms with Crippen LogP contribution in [0.25, 0.3) is 0 Å². The van der Waals surface area contributed by atoms with Gasteiger partial charge in [0.2, 0.25) is 5.91 Å². The number of ether oxygens (including phenoxy) is 2. The van der Waals surface area contributed by atoms with Gasteiger partial charge < -0.3 is 36.3 Å². The van der Waals surface area contributed by atoms with Crippen molar-refractivity contribution in [3.8, 4) is 5.75 Å². The van der Waals surface area contributed by atoms with Crippen molar-refractivity contribution < 1.29 is 24.2 Å². The van der Waals surface area contributed by atoms with Gasteiger partial charge in [0.1, 0.15) is 18.0 Å². The minimum Gasteiger partial charge on any atom is -0.497 e. The molecule has 2 amide bonds. The highest BCUT2D eigenvalue weighted by molar-refractivity contribution is 5.88. The molecule has 0 aromatic heterocycles. The number of carbonyl (C=O) groups is 2. The Morgan fingerprint density at radius 1 is 1.25 bits per heavy atom. The molecule has 0 bridgehead atoms. The van der Waals surface area contributed by atoms with Gasteiger partial charge in [0, 0.05) is 19.6 Å². The second kappa shape index (κ2) is 8.76. The first-order valence-corrected chi connectivity index (χ1v) is 9.47. The number of amides is 2. The van der Waals surface area contributed by atoms with E-state index in [4.69, 9.17) is 15.2 Å². The second-order valence-electron chi connectivity index (χ2n) is 7.34. The van der Waals surface area contributed by atoms with Crippen LogP contribution in [0.2, 0.25) is 0 Å². The number of β-amino-alcohol motifs (C(OH)–C–C–N with tert-alkyl or cyclic N) is 1. The average Bonchev–Trinajstić information content (AvgIpc) is 3.37. The molecule has 0 unspecified atom stereocenters. The number of rotatable bonds is 8. The fraction of sp³-hybridized carbons (Fsp3) is 0.579. The zero-order valence-electron chi connectivity index (χ0n) is 15.9. The zero-order valence-corrected chi connectivity index (χ0v) is 15.9. The van der Waals surface area contributed by atoms with E-state index in [1.54, 1.807) is 7.11 Å². The molecule has 1 aromatic rings. The van der Waals surface area contributed by atoms with Gasteiger partial charge in [-0.3, -0.25) is 4.79 Å². The standard InChI is InChI=1S/C19H28N4O5/c1-27-13-4-2-12(3-5-13)10-14-16(15(24)11-23-14)28-18(26)22-9-8-21-17(25)19(20)6-7-19/h2-5,14-16,23-24H,6-11,20H2,1H3,(H,21,25)(H,22,26)/t14-,15+,16+/m1/s1. The number of aliphatic hydroxyl groups excluding tert-OH is 1. The Labute approximate surface area is 163 Å². The van der Waals surface area contributed by atoms with Gasteiger partial charge >= 0.3 is 6.09 Å². The molecule has 2 aliphatic rings.